The van der Waals surface area contributed by atoms with Crippen LogP contribution in [0.2, 0.25) is 0 Å². The SMILES string of the molecule is Cc1ccccc1N1C[C@@H](C(=O)Nc2nnc(S[C@H](C)C(=O)[O-])s2)CC1=O. The number of hydrogen-bond acceptors (Lipinski definition) is 8. The number of para-hydroxylation sites is 1. The van der Waals surface area contributed by atoms with Gasteiger partial charge in [-0.1, -0.05) is 41.3 Å². The molecule has 2 atom stereocenters. The van der Waals surface area contributed by atoms with Crippen molar-refractivity contribution in [2.45, 2.75) is 29.9 Å². The first-order valence-corrected chi connectivity index (χ1v) is 9.92. The second-order valence-electron chi connectivity index (χ2n) is 6.13. The predicted octanol–water partition coefficient (Wildman–Crippen LogP) is 1.07. The average Bonchev–Trinajstić information content (AvgIpc) is 3.22. The predicted molar refractivity (Wildman–Crippen MR) is 101 cm³/mol. The summed E-state index contributed by atoms with van der Waals surface area (Å²) in [5.74, 6) is -2.08. The lowest BCUT2D eigenvalue weighted by molar-refractivity contribution is -0.304. The molecule has 8 nitrogen and oxygen atoms in total. The summed E-state index contributed by atoms with van der Waals surface area (Å²) in [6.45, 7) is 3.71. The van der Waals surface area contributed by atoms with E-state index in [1.807, 2.05) is 31.2 Å². The molecule has 1 aliphatic heterocycles. The Labute approximate surface area is 164 Å². The Hall–Kier alpha value is -2.46. The second-order valence-corrected chi connectivity index (χ2v) is 8.70. The van der Waals surface area contributed by atoms with Gasteiger partial charge in [0.25, 0.3) is 0 Å². The maximum Gasteiger partial charge on any atom is 0.231 e. The lowest BCUT2D eigenvalue weighted by Crippen LogP contribution is -2.31. The summed E-state index contributed by atoms with van der Waals surface area (Å²) in [7, 11) is 0. The van der Waals surface area contributed by atoms with Crippen molar-refractivity contribution in [2.75, 3.05) is 16.8 Å². The van der Waals surface area contributed by atoms with Crippen LogP contribution in [0.5, 0.6) is 0 Å². The van der Waals surface area contributed by atoms with Crippen LogP contribution < -0.4 is 15.3 Å². The zero-order valence-electron chi connectivity index (χ0n) is 14.7. The standard InChI is InChI=1S/C17H18N4O4S2/c1-9-5-3-4-6-12(9)21-8-11(7-13(21)22)14(23)18-16-19-20-17(27-16)26-10(2)15(24)25/h3-6,10-11H,7-8H2,1-2H3,(H,24,25)(H,18,19,23)/p-1/t10-,11+/m1/s1. The molecule has 1 saturated heterocycles. The first-order chi connectivity index (χ1) is 12.8. The van der Waals surface area contributed by atoms with Gasteiger partial charge < -0.3 is 20.1 Å². The number of nitrogens with one attached hydrogen (secondary N) is 1. The molecule has 0 unspecified atom stereocenters. The average molecular weight is 405 g/mol. The maximum atomic E-state index is 12.5. The highest BCUT2D eigenvalue weighted by atomic mass is 32.2. The number of anilines is 2. The van der Waals surface area contributed by atoms with Crippen LogP contribution >= 0.6 is 23.1 Å². The molecule has 0 bridgehead atoms. The quantitative estimate of drug-likeness (QED) is 0.564. The number of nitrogens with zero attached hydrogens (tertiary/aromatic N) is 3. The van der Waals surface area contributed by atoms with E-state index >= 15 is 0 Å². The minimum absolute atomic E-state index is 0.0965. The molecule has 2 heterocycles. The van der Waals surface area contributed by atoms with Gasteiger partial charge in [-0.25, -0.2) is 0 Å². The minimum Gasteiger partial charge on any atom is -0.549 e. The van der Waals surface area contributed by atoms with Crippen LogP contribution in [-0.4, -0.2) is 39.8 Å². The Bertz CT molecular complexity index is 885. The van der Waals surface area contributed by atoms with Gasteiger partial charge in [-0.2, -0.15) is 0 Å². The minimum atomic E-state index is -1.19. The molecule has 0 spiro atoms. The summed E-state index contributed by atoms with van der Waals surface area (Å²) in [6.07, 6.45) is 0.127. The molecule has 0 aliphatic carbocycles. The van der Waals surface area contributed by atoms with Crippen LogP contribution in [0, 0.1) is 12.8 Å². The molecule has 0 radical (unpaired) electrons. The van der Waals surface area contributed by atoms with Crippen molar-refractivity contribution in [2.24, 2.45) is 5.92 Å². The molecular formula is C17H17N4O4S2-. The lowest BCUT2D eigenvalue weighted by Gasteiger charge is -2.18. The van der Waals surface area contributed by atoms with Crippen LogP contribution in [0.3, 0.4) is 0 Å². The number of thioether (sulfide) groups is 1. The fourth-order valence-electron chi connectivity index (χ4n) is 2.70. The molecule has 1 aliphatic rings. The van der Waals surface area contributed by atoms with Gasteiger partial charge in [0.05, 0.1) is 11.9 Å². The van der Waals surface area contributed by atoms with Gasteiger partial charge in [-0.3, -0.25) is 9.59 Å². The molecule has 27 heavy (non-hydrogen) atoms. The van der Waals surface area contributed by atoms with Crippen LogP contribution in [0.1, 0.15) is 18.9 Å². The van der Waals surface area contributed by atoms with Crippen LogP contribution in [-0.2, 0) is 14.4 Å². The fourth-order valence-corrected chi connectivity index (χ4v) is 4.53. The number of carboxylic acid groups (broad SMARTS) is 1. The van der Waals surface area contributed by atoms with Gasteiger partial charge in [0, 0.05) is 23.9 Å². The van der Waals surface area contributed by atoms with E-state index in [1.54, 1.807) is 4.90 Å². The smallest absolute Gasteiger partial charge is 0.231 e. The summed E-state index contributed by atoms with van der Waals surface area (Å²) >= 11 is 2.09. The van der Waals surface area contributed by atoms with E-state index in [1.165, 1.54) is 6.92 Å². The largest absolute Gasteiger partial charge is 0.549 e. The Morgan fingerprint density at radius 3 is 2.81 bits per heavy atom. The van der Waals surface area contributed by atoms with Gasteiger partial charge >= 0.3 is 0 Å². The summed E-state index contributed by atoms with van der Waals surface area (Å²) in [4.78, 5) is 37.2. The molecule has 2 aromatic rings. The Morgan fingerprint density at radius 1 is 1.37 bits per heavy atom. The molecule has 3 rings (SSSR count). The molecule has 2 amide bonds. The third kappa shape index (κ3) is 4.45. The van der Waals surface area contributed by atoms with Gasteiger partial charge in [0.1, 0.15) is 0 Å². The number of aryl methyl sites for hydroxylation is 1. The van der Waals surface area contributed by atoms with Crippen LogP contribution in [0.25, 0.3) is 0 Å². The highest BCUT2D eigenvalue weighted by Gasteiger charge is 2.36. The molecule has 1 aromatic heterocycles. The molecule has 10 heteroatoms. The zero-order valence-corrected chi connectivity index (χ0v) is 16.3. The topological polar surface area (TPSA) is 115 Å². The Balaban J connectivity index is 1.62. The number of rotatable bonds is 6. The first kappa shape index (κ1) is 19.3. The van der Waals surface area contributed by atoms with Crippen LogP contribution in [0.4, 0.5) is 10.8 Å². The van der Waals surface area contributed by atoms with Crippen molar-refractivity contribution < 1.29 is 19.5 Å². The summed E-state index contributed by atoms with van der Waals surface area (Å²) in [5.41, 5.74) is 1.78. The first-order valence-electron chi connectivity index (χ1n) is 8.23. The van der Waals surface area contributed by atoms with Crippen molar-refractivity contribution in [3.8, 4) is 0 Å². The summed E-state index contributed by atoms with van der Waals surface area (Å²) < 4.78 is 0.422. The van der Waals surface area contributed by atoms with Crippen molar-refractivity contribution in [1.29, 1.82) is 0 Å². The zero-order chi connectivity index (χ0) is 19.6. The normalized spacial score (nSPS) is 17.8. The molecule has 1 fully saturated rings. The van der Waals surface area contributed by atoms with E-state index in [2.05, 4.69) is 15.5 Å². The molecule has 1 N–H and O–H groups in total. The Morgan fingerprint density at radius 2 is 2.11 bits per heavy atom. The van der Waals surface area contributed by atoms with Gasteiger partial charge in [-0.05, 0) is 25.5 Å². The molecular weight excluding hydrogens is 388 g/mol. The van der Waals surface area contributed by atoms with Crippen molar-refractivity contribution in [1.82, 2.24) is 10.2 Å². The van der Waals surface area contributed by atoms with Crippen molar-refractivity contribution >= 4 is 51.7 Å². The van der Waals surface area contributed by atoms with Crippen molar-refractivity contribution in [3.63, 3.8) is 0 Å². The monoisotopic (exact) mass is 405 g/mol. The van der Waals surface area contributed by atoms with E-state index in [9.17, 15) is 19.5 Å². The van der Waals surface area contributed by atoms with Crippen molar-refractivity contribution in [3.05, 3.63) is 29.8 Å². The Kier molecular flexibility index (Phi) is 5.76. The second kappa shape index (κ2) is 8.05. The third-order valence-corrected chi connectivity index (χ3v) is 6.15. The van der Waals surface area contributed by atoms with Gasteiger partial charge in [0.2, 0.25) is 16.9 Å². The maximum absolute atomic E-state index is 12.5. The number of carbonyl (C=O) groups is 3. The highest BCUT2D eigenvalue weighted by Crippen LogP contribution is 2.31. The fraction of sp³-hybridized carbons (Fsp3) is 0.353. The van der Waals surface area contributed by atoms with Gasteiger partial charge in [-0.15, -0.1) is 10.2 Å². The van der Waals surface area contributed by atoms with E-state index in [-0.39, 0.29) is 23.4 Å². The van der Waals surface area contributed by atoms with Gasteiger partial charge in [0.15, 0.2) is 4.34 Å². The van der Waals surface area contributed by atoms with E-state index in [0.29, 0.717) is 10.9 Å². The number of amides is 2. The van der Waals surface area contributed by atoms with E-state index in [4.69, 9.17) is 0 Å². The molecule has 142 valence electrons. The summed E-state index contributed by atoms with van der Waals surface area (Å²) in [5, 5.41) is 20.7. The molecule has 1 aromatic carbocycles. The van der Waals surface area contributed by atoms with E-state index in [0.717, 1.165) is 34.3 Å². The number of aliphatic carboxylic acids is 1. The highest BCUT2D eigenvalue weighted by molar-refractivity contribution is 8.02. The number of benzene rings is 1. The van der Waals surface area contributed by atoms with Crippen LogP contribution in [0.15, 0.2) is 28.6 Å². The van der Waals surface area contributed by atoms with E-state index < -0.39 is 17.1 Å². The number of carbonyl (C=O) groups excluding carboxylic acids is 3. The lowest BCUT2D eigenvalue weighted by atomic mass is 10.1. The number of aromatic nitrogens is 2. The summed E-state index contributed by atoms with van der Waals surface area (Å²) in [6, 6.07) is 7.54. The number of carboxylic acids is 1. The molecule has 0 saturated carbocycles. The third-order valence-electron chi connectivity index (χ3n) is 4.15. The number of hydrogen-bond donors (Lipinski definition) is 1.